The summed E-state index contributed by atoms with van der Waals surface area (Å²) in [6.07, 6.45) is 3.36. The molecule has 2 amide bonds. The molecule has 0 aliphatic rings. The van der Waals surface area contributed by atoms with E-state index in [4.69, 9.17) is 0 Å². The minimum absolute atomic E-state index is 0.0556. The Balaban J connectivity index is 1.73. The Morgan fingerprint density at radius 3 is 2.87 bits per heavy atom. The summed E-state index contributed by atoms with van der Waals surface area (Å²) in [6, 6.07) is 7.88. The van der Waals surface area contributed by atoms with Gasteiger partial charge in [0.15, 0.2) is 0 Å². The van der Waals surface area contributed by atoms with Crippen molar-refractivity contribution in [2.45, 2.75) is 45.1 Å². The molecule has 6 heteroatoms. The van der Waals surface area contributed by atoms with E-state index in [1.807, 2.05) is 32.0 Å². The largest absolute Gasteiger partial charge is 0.394 e. The highest BCUT2D eigenvalue weighted by atomic mass is 32.1. The van der Waals surface area contributed by atoms with Gasteiger partial charge in [-0.1, -0.05) is 25.5 Å². The molecular formula is C17H25N3O2S. The second kappa shape index (κ2) is 8.26. The van der Waals surface area contributed by atoms with Gasteiger partial charge in [0.1, 0.15) is 0 Å². The fourth-order valence-electron chi connectivity index (χ4n) is 2.52. The molecular weight excluding hydrogens is 310 g/mol. The molecule has 1 aromatic carbocycles. The molecule has 0 aliphatic heterocycles. The number of carbonyl (C=O) groups excluding carboxylic acids is 1. The molecule has 0 saturated heterocycles. The summed E-state index contributed by atoms with van der Waals surface area (Å²) in [5.74, 6) is 0. The van der Waals surface area contributed by atoms with Crippen LogP contribution in [0.4, 0.5) is 4.79 Å². The topological polar surface area (TPSA) is 74.2 Å². The van der Waals surface area contributed by atoms with Gasteiger partial charge in [-0.2, -0.15) is 0 Å². The van der Waals surface area contributed by atoms with Crippen LogP contribution in [-0.4, -0.2) is 34.8 Å². The number of urea groups is 1. The van der Waals surface area contributed by atoms with Crippen LogP contribution in [0.3, 0.4) is 0 Å². The summed E-state index contributed by atoms with van der Waals surface area (Å²) in [5, 5.41) is 16.2. The Bertz CT molecular complexity index is 611. The average Bonchev–Trinajstić information content (AvgIpc) is 2.94. The summed E-state index contributed by atoms with van der Waals surface area (Å²) in [4.78, 5) is 16.5. The van der Waals surface area contributed by atoms with E-state index in [2.05, 4.69) is 21.7 Å². The first-order valence-electron chi connectivity index (χ1n) is 8.07. The first-order chi connectivity index (χ1) is 11.1. The SMILES string of the molecule is CCCC(C)(CO)NC(=O)NCCCc1nc2ccccc2s1. The summed E-state index contributed by atoms with van der Waals surface area (Å²) in [7, 11) is 0. The van der Waals surface area contributed by atoms with Crippen LogP contribution >= 0.6 is 11.3 Å². The number of hydrogen-bond acceptors (Lipinski definition) is 4. The smallest absolute Gasteiger partial charge is 0.315 e. The van der Waals surface area contributed by atoms with Crippen molar-refractivity contribution in [1.29, 1.82) is 0 Å². The number of aliphatic hydroxyl groups excluding tert-OH is 1. The number of aryl methyl sites for hydroxylation is 1. The molecule has 1 atom stereocenters. The Labute approximate surface area is 141 Å². The number of carbonyl (C=O) groups is 1. The average molecular weight is 335 g/mol. The number of aromatic nitrogens is 1. The second-order valence-corrected chi connectivity index (χ2v) is 7.14. The maximum Gasteiger partial charge on any atom is 0.315 e. The van der Waals surface area contributed by atoms with Gasteiger partial charge in [0, 0.05) is 13.0 Å². The Kier molecular flexibility index (Phi) is 6.36. The third kappa shape index (κ3) is 5.18. The number of thiazole rings is 1. The van der Waals surface area contributed by atoms with E-state index in [0.29, 0.717) is 6.54 Å². The highest BCUT2D eigenvalue weighted by Gasteiger charge is 2.24. The molecule has 0 fully saturated rings. The third-order valence-corrected chi connectivity index (χ3v) is 4.85. The zero-order chi connectivity index (χ0) is 16.7. The fourth-order valence-corrected chi connectivity index (χ4v) is 3.53. The number of fused-ring (bicyclic) bond motifs is 1. The van der Waals surface area contributed by atoms with Gasteiger partial charge in [0.05, 0.1) is 27.4 Å². The predicted molar refractivity (Wildman–Crippen MR) is 94.9 cm³/mol. The number of aliphatic hydroxyl groups is 1. The maximum absolute atomic E-state index is 11.9. The molecule has 2 rings (SSSR count). The van der Waals surface area contributed by atoms with Crippen LogP contribution in [0.5, 0.6) is 0 Å². The van der Waals surface area contributed by atoms with E-state index in [1.54, 1.807) is 11.3 Å². The van der Waals surface area contributed by atoms with Crippen LogP contribution in [0.2, 0.25) is 0 Å². The summed E-state index contributed by atoms with van der Waals surface area (Å²) in [5.41, 5.74) is 0.489. The molecule has 2 aromatic rings. The van der Waals surface area contributed by atoms with Gasteiger partial charge in [-0.15, -0.1) is 11.3 Å². The summed E-state index contributed by atoms with van der Waals surface area (Å²) < 4.78 is 1.20. The molecule has 126 valence electrons. The molecule has 0 spiro atoms. The number of para-hydroxylation sites is 1. The summed E-state index contributed by atoms with van der Waals surface area (Å²) >= 11 is 1.70. The lowest BCUT2D eigenvalue weighted by Gasteiger charge is -2.28. The van der Waals surface area contributed by atoms with Crippen LogP contribution in [0, 0.1) is 0 Å². The van der Waals surface area contributed by atoms with Gasteiger partial charge in [-0.05, 0) is 31.9 Å². The van der Waals surface area contributed by atoms with Crippen molar-refractivity contribution < 1.29 is 9.90 Å². The van der Waals surface area contributed by atoms with E-state index >= 15 is 0 Å². The number of nitrogens with zero attached hydrogens (tertiary/aromatic N) is 1. The highest BCUT2D eigenvalue weighted by molar-refractivity contribution is 7.18. The minimum atomic E-state index is -0.550. The number of nitrogens with one attached hydrogen (secondary N) is 2. The molecule has 1 aromatic heterocycles. The van der Waals surface area contributed by atoms with Gasteiger partial charge < -0.3 is 15.7 Å². The second-order valence-electron chi connectivity index (χ2n) is 6.03. The zero-order valence-electron chi connectivity index (χ0n) is 13.8. The van der Waals surface area contributed by atoms with Crippen LogP contribution in [-0.2, 0) is 6.42 Å². The van der Waals surface area contributed by atoms with Crippen molar-refractivity contribution in [3.63, 3.8) is 0 Å². The normalized spacial score (nSPS) is 13.7. The lowest BCUT2D eigenvalue weighted by Crippen LogP contribution is -2.52. The molecule has 5 nitrogen and oxygen atoms in total. The number of amides is 2. The number of hydrogen-bond donors (Lipinski definition) is 3. The molecule has 0 aliphatic carbocycles. The number of rotatable bonds is 8. The van der Waals surface area contributed by atoms with Crippen molar-refractivity contribution in [2.75, 3.05) is 13.2 Å². The van der Waals surface area contributed by atoms with E-state index < -0.39 is 5.54 Å². The van der Waals surface area contributed by atoms with Gasteiger partial charge in [0.25, 0.3) is 0 Å². The highest BCUT2D eigenvalue weighted by Crippen LogP contribution is 2.22. The van der Waals surface area contributed by atoms with Crippen molar-refractivity contribution in [1.82, 2.24) is 15.6 Å². The van der Waals surface area contributed by atoms with E-state index in [1.165, 1.54) is 4.70 Å². The lowest BCUT2D eigenvalue weighted by molar-refractivity contribution is 0.163. The van der Waals surface area contributed by atoms with E-state index in [0.717, 1.165) is 36.2 Å². The first kappa shape index (κ1) is 17.7. The molecule has 1 unspecified atom stereocenters. The zero-order valence-corrected chi connectivity index (χ0v) is 14.6. The molecule has 0 radical (unpaired) electrons. The quantitative estimate of drug-likeness (QED) is 0.649. The van der Waals surface area contributed by atoms with E-state index in [-0.39, 0.29) is 12.6 Å². The Hall–Kier alpha value is -1.66. The van der Waals surface area contributed by atoms with Crippen LogP contribution in [0.15, 0.2) is 24.3 Å². The van der Waals surface area contributed by atoms with Gasteiger partial charge in [-0.25, -0.2) is 9.78 Å². The number of benzene rings is 1. The van der Waals surface area contributed by atoms with Crippen molar-refractivity contribution >= 4 is 27.6 Å². The molecule has 0 bridgehead atoms. The molecule has 1 heterocycles. The minimum Gasteiger partial charge on any atom is -0.394 e. The van der Waals surface area contributed by atoms with Crippen molar-refractivity contribution in [3.8, 4) is 0 Å². The predicted octanol–water partition coefficient (Wildman–Crippen LogP) is 3.08. The standard InChI is InChI=1S/C17H25N3O2S/c1-3-10-17(2,12-21)20-16(22)18-11-6-9-15-19-13-7-4-5-8-14(13)23-15/h4-5,7-8,21H,3,6,9-12H2,1-2H3,(H2,18,20,22). The fraction of sp³-hybridized carbons (Fsp3) is 0.529. The van der Waals surface area contributed by atoms with Crippen molar-refractivity contribution in [3.05, 3.63) is 29.3 Å². The molecule has 23 heavy (non-hydrogen) atoms. The Morgan fingerprint density at radius 2 is 2.17 bits per heavy atom. The van der Waals surface area contributed by atoms with E-state index in [9.17, 15) is 9.90 Å². The Morgan fingerprint density at radius 1 is 1.39 bits per heavy atom. The van der Waals surface area contributed by atoms with Gasteiger partial charge in [-0.3, -0.25) is 0 Å². The first-order valence-corrected chi connectivity index (χ1v) is 8.89. The molecule has 0 saturated carbocycles. The third-order valence-electron chi connectivity index (χ3n) is 3.76. The van der Waals surface area contributed by atoms with Crippen LogP contribution < -0.4 is 10.6 Å². The summed E-state index contributed by atoms with van der Waals surface area (Å²) in [6.45, 7) is 4.43. The molecule has 3 N–H and O–H groups in total. The van der Waals surface area contributed by atoms with Gasteiger partial charge >= 0.3 is 6.03 Å². The monoisotopic (exact) mass is 335 g/mol. The maximum atomic E-state index is 11.9. The van der Waals surface area contributed by atoms with Gasteiger partial charge in [0.2, 0.25) is 0 Å². The lowest BCUT2D eigenvalue weighted by atomic mass is 9.98. The van der Waals surface area contributed by atoms with Crippen LogP contribution in [0.1, 0.15) is 38.1 Å². The van der Waals surface area contributed by atoms with Crippen molar-refractivity contribution in [2.24, 2.45) is 0 Å². The van der Waals surface area contributed by atoms with Crippen LogP contribution in [0.25, 0.3) is 10.2 Å².